The van der Waals surface area contributed by atoms with Gasteiger partial charge in [0.1, 0.15) is 40.5 Å². The summed E-state index contributed by atoms with van der Waals surface area (Å²) in [5, 5.41) is 19.2. The zero-order chi connectivity index (χ0) is 66.1. The Bertz CT molecular complexity index is 4250. The molecule has 8 aromatic carbocycles. The van der Waals surface area contributed by atoms with Crippen LogP contribution in [0.15, 0.2) is 273 Å². The Kier molecular flexibility index (Phi) is 23.4. The Hall–Kier alpha value is -11.4. The minimum Gasteiger partial charge on any atom is -0.457 e. The zero-order valence-electron chi connectivity index (χ0n) is 54.1. The van der Waals surface area contributed by atoms with Gasteiger partial charge in [0, 0.05) is 73.1 Å². The Balaban J connectivity index is 0.000000147. The van der Waals surface area contributed by atoms with E-state index in [1.165, 1.54) is 24.0 Å². The standard InChI is InChI=1S/C31H31N3O2.C25H28N4O.C25H21N3O2/c35-31(34-26-17-19-28(20-18-26)36-27-10-5-2-6-11-27)29-12-7-21-32-30(29)33-25-15-13-24(14-16-25)22-23-8-3-1-4-9-23;1-19-7-5-10-22(17-19)28-25(30)23-11-6-14-26-24(23)27-21-12-15-29(16-13-21)18-20-8-3-2-4-9-20;1-18-7-5-8-20(17-18)28-25(29)23-11-6-16-26-24(23)27-19-12-14-22(15-13-19)30-21-9-3-2-4-10-21/h1-12,17-21,24-25H,13-16,22H2,(H,32,33)(H,34,35);2-11,14,17,21H,12-13,15-16,18H2,1H3,(H,26,27)(H,28,30);2-17H,1H3,(H,26,27)(H,28,29). The van der Waals surface area contributed by atoms with Crippen molar-refractivity contribution in [1.29, 1.82) is 0 Å². The van der Waals surface area contributed by atoms with Gasteiger partial charge in [-0.3, -0.25) is 19.3 Å². The van der Waals surface area contributed by atoms with E-state index in [2.05, 4.69) is 112 Å². The molecule has 15 heteroatoms. The summed E-state index contributed by atoms with van der Waals surface area (Å²) in [6.07, 6.45) is 12.8. The quantitative estimate of drug-likeness (QED) is 0.0425. The van der Waals surface area contributed by atoms with E-state index >= 15 is 0 Å². The van der Waals surface area contributed by atoms with Gasteiger partial charge in [-0.2, -0.15) is 0 Å². The van der Waals surface area contributed by atoms with Crippen molar-refractivity contribution in [2.45, 2.75) is 77.4 Å². The highest BCUT2D eigenvalue weighted by molar-refractivity contribution is 6.09. The van der Waals surface area contributed by atoms with E-state index in [4.69, 9.17) is 9.47 Å². The maximum Gasteiger partial charge on any atom is 0.259 e. The fourth-order valence-electron chi connectivity index (χ4n) is 11.7. The molecule has 1 saturated heterocycles. The second kappa shape index (κ2) is 33.9. The van der Waals surface area contributed by atoms with Crippen LogP contribution >= 0.6 is 0 Å². The van der Waals surface area contributed by atoms with Crippen molar-refractivity contribution in [3.63, 3.8) is 0 Å². The smallest absolute Gasteiger partial charge is 0.259 e. The maximum atomic E-state index is 13.1. The van der Waals surface area contributed by atoms with Gasteiger partial charge in [-0.1, -0.05) is 121 Å². The van der Waals surface area contributed by atoms with E-state index in [0.717, 1.165) is 97.2 Å². The molecular formula is C81H80N10O5. The number of hydrogen-bond donors (Lipinski definition) is 6. The van der Waals surface area contributed by atoms with Crippen LogP contribution in [0.25, 0.3) is 0 Å². The number of aryl methyl sites for hydroxylation is 2. The number of anilines is 7. The molecule has 2 aliphatic rings. The normalized spacial score (nSPS) is 14.4. The molecule has 2 fully saturated rings. The van der Waals surface area contributed by atoms with Crippen LogP contribution in [-0.4, -0.2) is 62.7 Å². The number of likely N-dealkylation sites (tertiary alicyclic amines) is 1. The molecule has 11 aromatic rings. The lowest BCUT2D eigenvalue weighted by molar-refractivity contribution is 0.101. The number of pyridine rings is 3. The number of ether oxygens (including phenoxy) is 2. The zero-order valence-corrected chi connectivity index (χ0v) is 54.1. The van der Waals surface area contributed by atoms with Gasteiger partial charge >= 0.3 is 0 Å². The Morgan fingerprint density at radius 1 is 0.385 bits per heavy atom. The number of aromatic nitrogens is 3. The van der Waals surface area contributed by atoms with Crippen molar-refractivity contribution in [2.75, 3.05) is 45.0 Å². The first-order valence-corrected chi connectivity index (χ1v) is 32.8. The topological polar surface area (TPSA) is 184 Å². The van der Waals surface area contributed by atoms with E-state index in [1.54, 1.807) is 42.9 Å². The minimum absolute atomic E-state index is 0.141. The van der Waals surface area contributed by atoms with Crippen LogP contribution in [0.5, 0.6) is 23.0 Å². The summed E-state index contributed by atoms with van der Waals surface area (Å²) in [7, 11) is 0. The van der Waals surface area contributed by atoms with Gasteiger partial charge in [0.15, 0.2) is 0 Å². The van der Waals surface area contributed by atoms with Gasteiger partial charge in [-0.15, -0.1) is 0 Å². The van der Waals surface area contributed by atoms with Crippen LogP contribution in [-0.2, 0) is 13.0 Å². The third-order valence-corrected chi connectivity index (χ3v) is 16.6. The summed E-state index contributed by atoms with van der Waals surface area (Å²) in [6, 6.07) is 82.3. The molecule has 96 heavy (non-hydrogen) atoms. The average Bonchev–Trinajstić information content (AvgIpc) is 1.69. The molecule has 0 radical (unpaired) electrons. The number of benzene rings is 8. The molecule has 0 spiro atoms. The summed E-state index contributed by atoms with van der Waals surface area (Å²) in [6.45, 7) is 7.05. The van der Waals surface area contributed by atoms with Crippen LogP contribution in [0.3, 0.4) is 0 Å². The van der Waals surface area contributed by atoms with Gasteiger partial charge in [-0.25, -0.2) is 15.0 Å². The molecule has 3 amide bonds. The molecule has 0 bridgehead atoms. The molecule has 1 saturated carbocycles. The molecular weight excluding hydrogens is 1190 g/mol. The van der Waals surface area contributed by atoms with Gasteiger partial charge in [0.05, 0.1) is 16.7 Å². The monoisotopic (exact) mass is 1270 g/mol. The van der Waals surface area contributed by atoms with E-state index in [1.807, 2.05) is 184 Å². The number of nitrogens with zero attached hydrogens (tertiary/aromatic N) is 4. The number of amides is 3. The number of carbonyl (C=O) groups excluding carboxylic acids is 3. The lowest BCUT2D eigenvalue weighted by atomic mass is 9.82. The van der Waals surface area contributed by atoms with Crippen molar-refractivity contribution in [3.8, 4) is 23.0 Å². The highest BCUT2D eigenvalue weighted by Crippen LogP contribution is 2.32. The van der Waals surface area contributed by atoms with Crippen LogP contribution in [0, 0.1) is 19.8 Å². The highest BCUT2D eigenvalue weighted by atomic mass is 16.5. The number of nitrogens with one attached hydrogen (secondary N) is 6. The lowest BCUT2D eigenvalue weighted by Crippen LogP contribution is -2.39. The Labute approximate surface area is 562 Å². The van der Waals surface area contributed by atoms with Gasteiger partial charge in [0.2, 0.25) is 0 Å². The molecule has 13 rings (SSSR count). The minimum atomic E-state index is -0.222. The molecule has 4 heterocycles. The first-order valence-electron chi connectivity index (χ1n) is 32.8. The Morgan fingerprint density at radius 3 is 1.25 bits per heavy atom. The van der Waals surface area contributed by atoms with Crippen molar-refractivity contribution in [3.05, 3.63) is 312 Å². The molecule has 15 nitrogen and oxygen atoms in total. The van der Waals surface area contributed by atoms with Crippen LogP contribution in [0.1, 0.15) is 91.9 Å². The van der Waals surface area contributed by atoms with Crippen molar-refractivity contribution in [2.24, 2.45) is 5.92 Å². The van der Waals surface area contributed by atoms with Crippen molar-refractivity contribution in [1.82, 2.24) is 19.9 Å². The lowest BCUT2D eigenvalue weighted by Gasteiger charge is -2.32. The third kappa shape index (κ3) is 20.0. The van der Waals surface area contributed by atoms with Gasteiger partial charge in [0.25, 0.3) is 17.7 Å². The second-order valence-electron chi connectivity index (χ2n) is 24.0. The van der Waals surface area contributed by atoms with Crippen LogP contribution in [0.4, 0.5) is 40.2 Å². The third-order valence-electron chi connectivity index (χ3n) is 16.6. The average molecular weight is 1270 g/mol. The number of carbonyl (C=O) groups is 3. The Morgan fingerprint density at radius 2 is 0.781 bits per heavy atom. The number of para-hydroxylation sites is 2. The van der Waals surface area contributed by atoms with Crippen molar-refractivity contribution >= 4 is 57.9 Å². The summed E-state index contributed by atoms with van der Waals surface area (Å²) < 4.78 is 11.6. The van der Waals surface area contributed by atoms with E-state index < -0.39 is 0 Å². The second-order valence-corrected chi connectivity index (χ2v) is 24.0. The summed E-state index contributed by atoms with van der Waals surface area (Å²) in [5.41, 5.74) is 9.59. The largest absolute Gasteiger partial charge is 0.457 e. The first kappa shape index (κ1) is 66.1. The van der Waals surface area contributed by atoms with Crippen molar-refractivity contribution < 1.29 is 23.9 Å². The number of hydrogen-bond acceptors (Lipinski definition) is 12. The summed E-state index contributed by atoms with van der Waals surface area (Å²) in [5.74, 6) is 4.95. The number of piperidine rings is 1. The van der Waals surface area contributed by atoms with E-state index in [-0.39, 0.29) is 17.7 Å². The SMILES string of the molecule is Cc1cccc(NC(=O)c2cccnc2NC2CCN(Cc3ccccc3)CC2)c1.Cc1cccc(NC(=O)c2cccnc2Nc2ccc(Oc3ccccc3)cc2)c1.O=C(Nc1ccc(Oc2ccccc2)cc1)c1cccnc1NC1CCC(Cc2ccccc2)CC1. The van der Waals surface area contributed by atoms with Crippen LogP contribution < -0.4 is 41.4 Å². The molecule has 1 aliphatic carbocycles. The van der Waals surface area contributed by atoms with E-state index in [9.17, 15) is 14.4 Å². The fourth-order valence-corrected chi connectivity index (χ4v) is 11.7. The predicted molar refractivity (Wildman–Crippen MR) is 386 cm³/mol. The maximum absolute atomic E-state index is 13.1. The van der Waals surface area contributed by atoms with Gasteiger partial charge < -0.3 is 41.4 Å². The molecule has 6 N–H and O–H groups in total. The summed E-state index contributed by atoms with van der Waals surface area (Å²) in [4.78, 5) is 54.5. The molecule has 0 unspecified atom stereocenters. The van der Waals surface area contributed by atoms with E-state index in [0.29, 0.717) is 63.6 Å². The number of rotatable bonds is 20. The molecule has 0 atom stereocenters. The van der Waals surface area contributed by atoms with Gasteiger partial charge in [-0.05, 0) is 220 Å². The first-order chi connectivity index (χ1) is 47.1. The summed E-state index contributed by atoms with van der Waals surface area (Å²) >= 11 is 0. The molecule has 3 aromatic heterocycles. The fraction of sp³-hybridized carbons (Fsp3) is 0.185. The predicted octanol–water partition coefficient (Wildman–Crippen LogP) is 18.2. The molecule has 484 valence electrons. The highest BCUT2D eigenvalue weighted by Gasteiger charge is 2.25. The van der Waals surface area contributed by atoms with Crippen LogP contribution in [0.2, 0.25) is 0 Å². The molecule has 1 aliphatic heterocycles.